The van der Waals surface area contributed by atoms with E-state index < -0.39 is 0 Å². The summed E-state index contributed by atoms with van der Waals surface area (Å²) < 4.78 is 5.48. The Balaban J connectivity index is 1.75. The highest BCUT2D eigenvalue weighted by molar-refractivity contribution is 5.36. The molecule has 1 saturated heterocycles. The molecule has 2 rings (SSSR count). The highest BCUT2D eigenvalue weighted by Crippen LogP contribution is 2.42. The van der Waals surface area contributed by atoms with Gasteiger partial charge in [0.15, 0.2) is 0 Å². The van der Waals surface area contributed by atoms with Crippen LogP contribution in [0.1, 0.15) is 20.3 Å². The lowest BCUT2D eigenvalue weighted by Gasteiger charge is -2.04. The van der Waals surface area contributed by atoms with E-state index in [2.05, 4.69) is 39.5 Å². The fourth-order valence-electron chi connectivity index (χ4n) is 1.38. The minimum absolute atomic E-state index is 0.136. The highest BCUT2D eigenvalue weighted by atomic mass is 16.6. The molecule has 0 amide bonds. The summed E-state index contributed by atoms with van der Waals surface area (Å²) in [6, 6.07) is 0. The van der Waals surface area contributed by atoms with Gasteiger partial charge < -0.3 is 4.74 Å². The van der Waals surface area contributed by atoms with Crippen molar-refractivity contribution in [1.29, 1.82) is 0 Å². The molecule has 1 nitrogen and oxygen atoms in total. The Morgan fingerprint density at radius 2 is 1.91 bits per heavy atom. The molecule has 0 bridgehead atoms. The summed E-state index contributed by atoms with van der Waals surface area (Å²) in [6.45, 7) is 4.28. The Morgan fingerprint density at radius 1 is 1.36 bits per heavy atom. The molecule has 0 aromatic carbocycles. The summed E-state index contributed by atoms with van der Waals surface area (Å²) in [5.41, 5.74) is 0.136. The molecule has 1 aliphatic carbocycles. The number of epoxide rings is 1. The van der Waals surface area contributed by atoms with Gasteiger partial charge in [-0.2, -0.15) is 0 Å². The Morgan fingerprint density at radius 3 is 2.36 bits per heavy atom. The van der Waals surface area contributed by atoms with E-state index in [1.54, 1.807) is 0 Å². The molecular weight excluding hydrogens is 136 g/mol. The lowest BCUT2D eigenvalue weighted by Crippen LogP contribution is -2.06. The summed E-state index contributed by atoms with van der Waals surface area (Å²) in [6.07, 6.45) is 9.97. The molecule has 2 aliphatic rings. The van der Waals surface area contributed by atoms with Gasteiger partial charge in [0.1, 0.15) is 0 Å². The van der Waals surface area contributed by atoms with E-state index in [0.717, 1.165) is 6.42 Å². The third-order valence-electron chi connectivity index (χ3n) is 2.32. The van der Waals surface area contributed by atoms with Crippen molar-refractivity contribution >= 4 is 0 Å². The number of hydrogen-bond donors (Lipinski definition) is 0. The van der Waals surface area contributed by atoms with Crippen LogP contribution in [0.4, 0.5) is 0 Å². The van der Waals surface area contributed by atoms with E-state index in [1.807, 2.05) is 0 Å². The smallest absolute Gasteiger partial charge is 0.0892 e. The predicted molar refractivity (Wildman–Crippen MR) is 44.0 cm³/mol. The first-order valence-electron chi connectivity index (χ1n) is 4.07. The summed E-state index contributed by atoms with van der Waals surface area (Å²) in [7, 11) is 0. The molecule has 0 aromatic heterocycles. The van der Waals surface area contributed by atoms with Crippen LogP contribution < -0.4 is 0 Å². The van der Waals surface area contributed by atoms with E-state index in [1.165, 1.54) is 5.92 Å². The molecule has 11 heavy (non-hydrogen) atoms. The van der Waals surface area contributed by atoms with Gasteiger partial charge in [0.05, 0.1) is 11.7 Å². The molecular formula is C10H13O. The maximum atomic E-state index is 5.48. The Hall–Kier alpha value is -0.0400. The normalized spacial score (nSPS) is 36.0. The van der Waals surface area contributed by atoms with Crippen LogP contribution >= 0.6 is 0 Å². The van der Waals surface area contributed by atoms with Crippen LogP contribution in [0.3, 0.4) is 0 Å². The maximum absolute atomic E-state index is 5.48. The summed E-state index contributed by atoms with van der Waals surface area (Å²) >= 11 is 0. The third kappa shape index (κ3) is 1.58. The van der Waals surface area contributed by atoms with E-state index >= 15 is 0 Å². The first-order chi connectivity index (χ1) is 5.18. The minimum atomic E-state index is 0.136. The van der Waals surface area contributed by atoms with Crippen molar-refractivity contribution in [3.8, 4) is 0 Å². The molecule has 1 saturated carbocycles. The van der Waals surface area contributed by atoms with Crippen molar-refractivity contribution in [2.75, 3.05) is 0 Å². The van der Waals surface area contributed by atoms with Crippen LogP contribution in [0.25, 0.3) is 0 Å². The standard InChI is InChI=1S/C10H13O/c1-10(2)9(11-10)7-8-5-3-4-6-8/h3-6,9H,7H2,1-2H3. The number of hydrogen-bond acceptors (Lipinski definition) is 1. The topological polar surface area (TPSA) is 12.5 Å². The molecule has 0 aromatic rings. The number of rotatable bonds is 2. The molecule has 1 atom stereocenters. The summed E-state index contributed by atoms with van der Waals surface area (Å²) in [4.78, 5) is 0. The quantitative estimate of drug-likeness (QED) is 0.547. The molecule has 59 valence electrons. The number of ether oxygens (including phenoxy) is 1. The molecule has 0 N–H and O–H groups in total. The fourth-order valence-corrected chi connectivity index (χ4v) is 1.38. The van der Waals surface area contributed by atoms with Crippen molar-refractivity contribution in [2.45, 2.75) is 32.0 Å². The largest absolute Gasteiger partial charge is 0.367 e. The third-order valence-corrected chi connectivity index (χ3v) is 2.32. The Labute approximate surface area is 69.1 Å². The van der Waals surface area contributed by atoms with Crippen LogP contribution in [0.2, 0.25) is 0 Å². The predicted octanol–water partition coefficient (Wildman–Crippen LogP) is 1.96. The van der Waals surface area contributed by atoms with Gasteiger partial charge in [-0.1, -0.05) is 0 Å². The van der Waals surface area contributed by atoms with Crippen LogP contribution in [0.5, 0.6) is 0 Å². The van der Waals surface area contributed by atoms with Crippen molar-refractivity contribution in [3.05, 3.63) is 31.6 Å². The average Bonchev–Trinajstić information content (AvgIpc) is 2.42. The van der Waals surface area contributed by atoms with Crippen LogP contribution in [-0.4, -0.2) is 11.7 Å². The van der Waals surface area contributed by atoms with Gasteiger partial charge in [0, 0.05) is 0 Å². The second-order valence-corrected chi connectivity index (χ2v) is 3.71. The van der Waals surface area contributed by atoms with Crippen molar-refractivity contribution in [1.82, 2.24) is 0 Å². The van der Waals surface area contributed by atoms with Gasteiger partial charge in [-0.15, -0.1) is 0 Å². The zero-order valence-corrected chi connectivity index (χ0v) is 7.00. The first kappa shape index (κ1) is 7.60. The lowest BCUT2D eigenvalue weighted by molar-refractivity contribution is 0.322. The van der Waals surface area contributed by atoms with E-state index in [4.69, 9.17) is 4.74 Å². The summed E-state index contributed by atoms with van der Waals surface area (Å²) in [5.74, 6) is 1.39. The zero-order chi connectivity index (χ0) is 7.90. The first-order valence-corrected chi connectivity index (χ1v) is 4.07. The Bertz CT molecular complexity index is 142. The maximum Gasteiger partial charge on any atom is 0.0892 e. The molecule has 2 fully saturated rings. The highest BCUT2D eigenvalue weighted by Gasteiger charge is 2.48. The monoisotopic (exact) mass is 149 g/mol. The van der Waals surface area contributed by atoms with Crippen LogP contribution in [-0.2, 0) is 4.74 Å². The minimum Gasteiger partial charge on any atom is -0.367 e. The Kier molecular flexibility index (Phi) is 1.71. The van der Waals surface area contributed by atoms with Crippen molar-refractivity contribution in [3.63, 3.8) is 0 Å². The van der Waals surface area contributed by atoms with Gasteiger partial charge in [-0.3, -0.25) is 0 Å². The zero-order valence-electron chi connectivity index (χ0n) is 7.00. The van der Waals surface area contributed by atoms with E-state index in [9.17, 15) is 0 Å². The second kappa shape index (κ2) is 2.48. The van der Waals surface area contributed by atoms with Crippen molar-refractivity contribution < 1.29 is 4.74 Å². The lowest BCUT2D eigenvalue weighted by atomic mass is 9.97. The van der Waals surface area contributed by atoms with Gasteiger partial charge >= 0.3 is 0 Å². The van der Waals surface area contributed by atoms with Crippen LogP contribution in [0.15, 0.2) is 0 Å². The van der Waals surface area contributed by atoms with Crippen LogP contribution in [0, 0.1) is 31.6 Å². The molecule has 1 unspecified atom stereocenters. The second-order valence-electron chi connectivity index (χ2n) is 3.71. The fraction of sp³-hybridized carbons (Fsp3) is 0.500. The molecule has 1 heteroatoms. The average molecular weight is 149 g/mol. The van der Waals surface area contributed by atoms with Crippen molar-refractivity contribution in [2.24, 2.45) is 0 Å². The molecule has 1 heterocycles. The van der Waals surface area contributed by atoms with E-state index in [0.29, 0.717) is 6.10 Å². The molecule has 0 spiro atoms. The van der Waals surface area contributed by atoms with Gasteiger partial charge in [0.25, 0.3) is 0 Å². The van der Waals surface area contributed by atoms with Gasteiger partial charge in [-0.25, -0.2) is 0 Å². The SMILES string of the molecule is CC1(C)OC1C[C]1[CH][CH][CH][CH]1. The molecule has 1 aliphatic heterocycles. The van der Waals surface area contributed by atoms with Gasteiger partial charge in [-0.05, 0) is 51.9 Å². The summed E-state index contributed by atoms with van der Waals surface area (Å²) in [5, 5.41) is 0. The van der Waals surface area contributed by atoms with Gasteiger partial charge in [0.2, 0.25) is 0 Å². The van der Waals surface area contributed by atoms with E-state index in [-0.39, 0.29) is 5.60 Å². The molecule has 5 radical (unpaired) electrons.